The van der Waals surface area contributed by atoms with Crippen LogP contribution in [0.3, 0.4) is 0 Å². The molecule has 6 heterocycles. The fourth-order valence-corrected chi connectivity index (χ4v) is 8.79. The molecule has 0 saturated carbocycles. The van der Waals surface area contributed by atoms with Crippen molar-refractivity contribution < 1.29 is 28.6 Å². The SMILES string of the molecule is CNc1cc(N2CCC(O)(CC(=O)N3CCN(c4ccc(-c5n[nH]c6ccc(O[C@H](C)c7c(Cl)cncc7Cl)cc56)cn4)CC3)CC2)c(F)cc1C(=N)N1CCC(=O)NC1=O. The van der Waals surface area contributed by atoms with Crippen molar-refractivity contribution in [3.8, 4) is 17.0 Å². The number of H-pyrrole nitrogens is 1. The van der Waals surface area contributed by atoms with Crippen molar-refractivity contribution >= 4 is 75.0 Å². The molecule has 3 saturated heterocycles. The standard InChI is InChI=1S/C42H44Cl2FN11O5/c1-24(38-29(43)22-48-23-30(38)44)61-26-4-5-32-27(17-26)39(52-51-32)25-3-6-35(49-21-25)54-13-15-55(16-14-54)37(58)20-42(60)8-11-53(12-9-42)34-19-33(47-2)28(18-31(34)45)40(46)56-10-7-36(57)50-41(56)59/h3-6,17-19,21-24,46-47,60H,7-16,20H2,1-2H3,(H,51,52)(H,50,57,59)/t24-/m1/s1. The number of carbonyl (C=O) groups is 3. The zero-order chi connectivity index (χ0) is 43.0. The van der Waals surface area contributed by atoms with Crippen LogP contribution in [0.4, 0.5) is 26.4 Å². The molecular weight excluding hydrogens is 828 g/mol. The highest BCUT2D eigenvalue weighted by molar-refractivity contribution is 6.35. The number of amides is 4. The third-order valence-electron chi connectivity index (χ3n) is 11.6. The minimum Gasteiger partial charge on any atom is -0.486 e. The highest BCUT2D eigenvalue weighted by Crippen LogP contribution is 2.37. The first-order chi connectivity index (χ1) is 29.3. The van der Waals surface area contributed by atoms with Crippen LogP contribution in [-0.4, -0.2) is 117 Å². The average Bonchev–Trinajstić information content (AvgIpc) is 3.67. The number of aromatic amines is 1. The number of hydrogen-bond acceptors (Lipinski definition) is 12. The first kappa shape index (κ1) is 41.7. The van der Waals surface area contributed by atoms with Gasteiger partial charge in [0, 0.05) is 106 Å². The number of fused-ring (bicyclic) bond motifs is 1. The Kier molecular flexibility index (Phi) is 11.7. The minimum absolute atomic E-state index is 0.0212. The van der Waals surface area contributed by atoms with Crippen LogP contribution in [0.2, 0.25) is 10.0 Å². The molecule has 3 fully saturated rings. The predicted molar refractivity (Wildman–Crippen MR) is 230 cm³/mol. The van der Waals surface area contributed by atoms with Gasteiger partial charge in [0.15, 0.2) is 0 Å². The molecule has 0 spiro atoms. The van der Waals surface area contributed by atoms with E-state index in [0.29, 0.717) is 66.3 Å². The second-order valence-electron chi connectivity index (χ2n) is 15.4. The number of nitrogens with zero attached hydrogens (tertiary/aromatic N) is 7. The van der Waals surface area contributed by atoms with Gasteiger partial charge >= 0.3 is 6.03 Å². The molecule has 61 heavy (non-hydrogen) atoms. The van der Waals surface area contributed by atoms with Crippen molar-refractivity contribution in [2.24, 2.45) is 0 Å². The summed E-state index contributed by atoms with van der Waals surface area (Å²) in [6.07, 6.45) is 4.95. The van der Waals surface area contributed by atoms with E-state index in [4.69, 9.17) is 38.3 Å². The number of ether oxygens (including phenoxy) is 1. The van der Waals surface area contributed by atoms with Crippen molar-refractivity contribution in [1.82, 2.24) is 35.3 Å². The Morgan fingerprint density at radius 3 is 2.41 bits per heavy atom. The van der Waals surface area contributed by atoms with Gasteiger partial charge < -0.3 is 29.9 Å². The molecule has 16 nitrogen and oxygen atoms in total. The summed E-state index contributed by atoms with van der Waals surface area (Å²) in [5, 5.41) is 34.6. The quantitative estimate of drug-likeness (QED) is 0.0818. The first-order valence-electron chi connectivity index (χ1n) is 19.9. The summed E-state index contributed by atoms with van der Waals surface area (Å²) in [5.41, 5.74) is 2.68. The van der Waals surface area contributed by atoms with Crippen molar-refractivity contribution in [2.45, 2.75) is 44.3 Å². The Hall–Kier alpha value is -6.04. The van der Waals surface area contributed by atoms with Gasteiger partial charge in [0.1, 0.15) is 35.0 Å². The molecule has 4 amide bonds. The Bertz CT molecular complexity index is 2490. The van der Waals surface area contributed by atoms with Gasteiger partial charge in [0.2, 0.25) is 11.8 Å². The third-order valence-corrected chi connectivity index (χ3v) is 12.2. The van der Waals surface area contributed by atoms with Crippen LogP contribution in [0.1, 0.15) is 49.8 Å². The molecule has 8 rings (SSSR count). The Balaban J connectivity index is 0.843. The van der Waals surface area contributed by atoms with E-state index >= 15 is 4.39 Å². The minimum atomic E-state index is -1.24. The van der Waals surface area contributed by atoms with E-state index in [2.05, 4.69) is 30.7 Å². The van der Waals surface area contributed by atoms with Crippen LogP contribution in [0, 0.1) is 11.2 Å². The number of halogens is 3. The van der Waals surface area contributed by atoms with E-state index in [9.17, 15) is 19.5 Å². The molecule has 19 heteroatoms. The first-order valence-corrected chi connectivity index (χ1v) is 20.7. The lowest BCUT2D eigenvalue weighted by Crippen LogP contribution is -2.52. The number of imide groups is 1. The van der Waals surface area contributed by atoms with Gasteiger partial charge in [-0.2, -0.15) is 5.10 Å². The van der Waals surface area contributed by atoms with Gasteiger partial charge in [0.25, 0.3) is 0 Å². The second kappa shape index (κ2) is 17.1. The topological polar surface area (TPSA) is 196 Å². The van der Waals surface area contributed by atoms with Gasteiger partial charge in [-0.3, -0.25) is 35.3 Å². The fraction of sp³-hybridized carbons (Fsp3) is 0.357. The van der Waals surface area contributed by atoms with E-state index in [1.54, 1.807) is 24.2 Å². The van der Waals surface area contributed by atoms with Crippen molar-refractivity contribution in [1.29, 1.82) is 5.41 Å². The maximum absolute atomic E-state index is 15.6. The molecular formula is C42H44Cl2FN11O5. The number of benzene rings is 2. The average molecular weight is 873 g/mol. The van der Waals surface area contributed by atoms with Crippen LogP contribution in [0.15, 0.2) is 61.1 Å². The van der Waals surface area contributed by atoms with E-state index in [1.165, 1.54) is 18.5 Å². The van der Waals surface area contributed by atoms with E-state index in [0.717, 1.165) is 32.9 Å². The number of nitrogens with one attached hydrogen (secondary N) is 4. The highest BCUT2D eigenvalue weighted by Gasteiger charge is 2.38. The second-order valence-corrected chi connectivity index (χ2v) is 16.2. The predicted octanol–water partition coefficient (Wildman–Crippen LogP) is 5.98. The van der Waals surface area contributed by atoms with E-state index in [-0.39, 0.29) is 55.2 Å². The van der Waals surface area contributed by atoms with Crippen LogP contribution in [-0.2, 0) is 9.59 Å². The zero-order valence-electron chi connectivity index (χ0n) is 33.5. The van der Waals surface area contributed by atoms with Crippen LogP contribution in [0.5, 0.6) is 5.75 Å². The number of anilines is 3. The largest absolute Gasteiger partial charge is 0.486 e. The summed E-state index contributed by atoms with van der Waals surface area (Å²) < 4.78 is 21.8. The molecule has 3 aromatic heterocycles. The van der Waals surface area contributed by atoms with Crippen LogP contribution in [0.25, 0.3) is 22.2 Å². The number of hydrogen-bond donors (Lipinski definition) is 5. The number of piperidine rings is 1. The summed E-state index contributed by atoms with van der Waals surface area (Å²) in [6.45, 7) is 4.60. The highest BCUT2D eigenvalue weighted by atomic mass is 35.5. The Labute approximate surface area is 360 Å². The summed E-state index contributed by atoms with van der Waals surface area (Å²) in [6, 6.07) is 11.6. The molecule has 0 radical (unpaired) electrons. The number of piperazine rings is 1. The van der Waals surface area contributed by atoms with Gasteiger partial charge in [-0.25, -0.2) is 14.2 Å². The number of urea groups is 1. The number of amidine groups is 1. The van der Waals surface area contributed by atoms with Crippen molar-refractivity contribution in [3.63, 3.8) is 0 Å². The Morgan fingerprint density at radius 2 is 1.74 bits per heavy atom. The summed E-state index contributed by atoms with van der Waals surface area (Å²) in [7, 11) is 1.64. The summed E-state index contributed by atoms with van der Waals surface area (Å²) in [5.74, 6) is 0.0181. The lowest BCUT2D eigenvalue weighted by atomic mass is 9.87. The maximum atomic E-state index is 15.6. The van der Waals surface area contributed by atoms with Gasteiger partial charge in [-0.05, 0) is 62.2 Å². The molecule has 318 valence electrons. The number of rotatable bonds is 10. The van der Waals surface area contributed by atoms with E-state index in [1.807, 2.05) is 42.2 Å². The number of aromatic nitrogens is 4. The number of aliphatic hydroxyl groups is 1. The Morgan fingerprint density at radius 1 is 1.00 bits per heavy atom. The van der Waals surface area contributed by atoms with Crippen molar-refractivity contribution in [2.75, 3.05) is 68.0 Å². The molecule has 3 aliphatic rings. The number of pyridine rings is 2. The van der Waals surface area contributed by atoms with Gasteiger partial charge in [0.05, 0.1) is 33.3 Å². The lowest BCUT2D eigenvalue weighted by Gasteiger charge is -2.41. The van der Waals surface area contributed by atoms with Crippen LogP contribution < -0.4 is 25.2 Å². The van der Waals surface area contributed by atoms with Crippen LogP contribution >= 0.6 is 23.2 Å². The summed E-state index contributed by atoms with van der Waals surface area (Å²) >= 11 is 12.7. The normalized spacial score (nSPS) is 17.3. The molecule has 0 unspecified atom stereocenters. The molecule has 5 N–H and O–H groups in total. The fourth-order valence-electron chi connectivity index (χ4n) is 8.12. The smallest absolute Gasteiger partial charge is 0.329 e. The summed E-state index contributed by atoms with van der Waals surface area (Å²) in [4.78, 5) is 53.0. The maximum Gasteiger partial charge on any atom is 0.329 e. The van der Waals surface area contributed by atoms with Crippen molar-refractivity contribution in [3.05, 3.63) is 88.0 Å². The zero-order valence-corrected chi connectivity index (χ0v) is 35.0. The monoisotopic (exact) mass is 871 g/mol. The molecule has 0 bridgehead atoms. The third kappa shape index (κ3) is 8.63. The van der Waals surface area contributed by atoms with E-state index < -0.39 is 29.5 Å². The van der Waals surface area contributed by atoms with Gasteiger partial charge in [-0.1, -0.05) is 23.2 Å². The number of carbonyl (C=O) groups excluding carboxylic acids is 3. The molecule has 5 aromatic rings. The molecule has 0 aliphatic carbocycles. The lowest BCUT2D eigenvalue weighted by molar-refractivity contribution is -0.137. The molecule has 2 aromatic carbocycles. The molecule has 3 aliphatic heterocycles. The van der Waals surface area contributed by atoms with Gasteiger partial charge in [-0.15, -0.1) is 0 Å². The molecule has 1 atom stereocenters.